The molecular weight excluding hydrogens is 386 g/mol. The summed E-state index contributed by atoms with van der Waals surface area (Å²) in [5.74, 6) is 0.687. The molecule has 0 saturated carbocycles. The number of anilines is 1. The minimum atomic E-state index is 0. The number of benzene rings is 1. The first-order valence-corrected chi connectivity index (χ1v) is 11.2. The van der Waals surface area contributed by atoms with E-state index < -0.39 is 0 Å². The van der Waals surface area contributed by atoms with E-state index in [0.29, 0.717) is 5.92 Å². The van der Waals surface area contributed by atoms with Gasteiger partial charge >= 0.3 is 0 Å². The van der Waals surface area contributed by atoms with Crippen molar-refractivity contribution in [3.8, 4) is 11.3 Å². The van der Waals surface area contributed by atoms with Crippen molar-refractivity contribution in [2.45, 2.75) is 64.2 Å². The summed E-state index contributed by atoms with van der Waals surface area (Å²) in [6.07, 6.45) is 4.88. The van der Waals surface area contributed by atoms with Crippen molar-refractivity contribution < 1.29 is 0 Å². The Bertz CT molecular complexity index is 819. The van der Waals surface area contributed by atoms with Crippen LogP contribution in [0.2, 0.25) is 0 Å². The van der Waals surface area contributed by atoms with Gasteiger partial charge in [0.05, 0.1) is 5.69 Å². The second-order valence-corrected chi connectivity index (χ2v) is 10.5. The molecule has 0 unspecified atom stereocenters. The van der Waals surface area contributed by atoms with Crippen LogP contribution in [0.15, 0.2) is 23.6 Å². The zero-order valence-electron chi connectivity index (χ0n) is 17.6. The molecule has 0 amide bonds. The number of hydrogen-bond acceptors (Lipinski definition) is 4. The molecule has 2 aliphatic rings. The number of nitrogens with two attached hydrogens (primary N) is 1. The van der Waals surface area contributed by atoms with E-state index in [1.807, 2.05) is 0 Å². The molecule has 1 fully saturated rings. The lowest BCUT2D eigenvalue weighted by Crippen LogP contribution is -2.35. The number of thiazole rings is 1. The number of piperidine rings is 1. The van der Waals surface area contributed by atoms with Gasteiger partial charge in [0.15, 0.2) is 5.13 Å². The first-order valence-electron chi connectivity index (χ1n) is 10.4. The summed E-state index contributed by atoms with van der Waals surface area (Å²) in [5, 5.41) is 3.39. The molecule has 4 rings (SSSR count). The molecule has 154 valence electrons. The fraction of sp³-hybridized carbons (Fsp3) is 0.609. The molecule has 0 atom stereocenters. The van der Waals surface area contributed by atoms with Crippen LogP contribution in [0, 0.1) is 5.92 Å². The van der Waals surface area contributed by atoms with Gasteiger partial charge in [-0.05, 0) is 66.2 Å². The van der Waals surface area contributed by atoms with Crippen molar-refractivity contribution in [1.29, 1.82) is 0 Å². The highest BCUT2D eigenvalue weighted by atomic mass is 35.5. The molecule has 1 aromatic heterocycles. The van der Waals surface area contributed by atoms with E-state index in [1.165, 1.54) is 42.4 Å². The molecular formula is C23H34ClN3S. The molecule has 0 radical (unpaired) electrons. The molecule has 1 saturated heterocycles. The summed E-state index contributed by atoms with van der Waals surface area (Å²) in [4.78, 5) is 7.44. The van der Waals surface area contributed by atoms with Crippen LogP contribution in [-0.2, 0) is 10.8 Å². The Morgan fingerprint density at radius 3 is 2.36 bits per heavy atom. The molecule has 28 heavy (non-hydrogen) atoms. The van der Waals surface area contributed by atoms with Crippen LogP contribution in [0.25, 0.3) is 11.3 Å². The molecule has 1 aromatic carbocycles. The second kappa shape index (κ2) is 7.97. The average Bonchev–Trinajstić information content (AvgIpc) is 3.15. The Hall–Kier alpha value is -1.10. The van der Waals surface area contributed by atoms with Crippen LogP contribution >= 0.6 is 23.7 Å². The fourth-order valence-corrected chi connectivity index (χ4v) is 5.54. The third kappa shape index (κ3) is 3.96. The van der Waals surface area contributed by atoms with Gasteiger partial charge in [0.1, 0.15) is 0 Å². The van der Waals surface area contributed by atoms with E-state index in [9.17, 15) is 0 Å². The molecule has 3 nitrogen and oxygen atoms in total. The molecule has 1 aliphatic carbocycles. The fourth-order valence-electron chi connectivity index (χ4n) is 4.65. The van der Waals surface area contributed by atoms with Gasteiger partial charge in [-0.2, -0.15) is 0 Å². The van der Waals surface area contributed by atoms with E-state index in [1.54, 1.807) is 11.3 Å². The number of nitrogens with zero attached hydrogens (tertiary/aromatic N) is 2. The van der Waals surface area contributed by atoms with Crippen molar-refractivity contribution >= 4 is 28.9 Å². The van der Waals surface area contributed by atoms with Crippen LogP contribution in [0.3, 0.4) is 0 Å². The van der Waals surface area contributed by atoms with E-state index in [2.05, 4.69) is 56.2 Å². The lowest BCUT2D eigenvalue weighted by atomic mass is 9.63. The number of fused-ring (bicyclic) bond motifs is 1. The van der Waals surface area contributed by atoms with Gasteiger partial charge in [0.25, 0.3) is 0 Å². The average molecular weight is 420 g/mol. The first-order chi connectivity index (χ1) is 12.8. The van der Waals surface area contributed by atoms with Crippen molar-refractivity contribution in [2.75, 3.05) is 24.5 Å². The summed E-state index contributed by atoms with van der Waals surface area (Å²) >= 11 is 1.78. The second-order valence-electron chi connectivity index (χ2n) is 9.71. The predicted molar refractivity (Wildman–Crippen MR) is 124 cm³/mol. The number of rotatable bonds is 3. The lowest BCUT2D eigenvalue weighted by Gasteiger charge is -2.42. The van der Waals surface area contributed by atoms with Crippen LogP contribution in [0.5, 0.6) is 0 Å². The normalized spacial score (nSPS) is 21.1. The summed E-state index contributed by atoms with van der Waals surface area (Å²) in [6.45, 7) is 12.5. The lowest BCUT2D eigenvalue weighted by molar-refractivity contribution is 0.332. The molecule has 2 N–H and O–H groups in total. The molecule has 0 bridgehead atoms. The monoisotopic (exact) mass is 419 g/mol. The molecule has 0 spiro atoms. The van der Waals surface area contributed by atoms with Gasteiger partial charge in [-0.3, -0.25) is 0 Å². The Morgan fingerprint density at radius 2 is 1.71 bits per heavy atom. The minimum Gasteiger partial charge on any atom is -0.348 e. The Balaban J connectivity index is 0.00000225. The van der Waals surface area contributed by atoms with E-state index in [-0.39, 0.29) is 23.2 Å². The van der Waals surface area contributed by atoms with Crippen molar-refractivity contribution in [3.63, 3.8) is 0 Å². The molecule has 2 aromatic rings. The SMILES string of the molecule is CC1(C)CCC(C)(C)c2cc(-c3csc(N4CCC(CN)CC4)n3)ccc21.Cl. The molecule has 5 heteroatoms. The standard InChI is InChI=1S/C23H33N3S.ClH/c1-22(2)9-10-23(3,4)19-13-17(5-6-18(19)22)20-15-27-21(25-20)26-11-7-16(14-24)8-12-26;/h5-6,13,15-16H,7-12,14,24H2,1-4H3;1H. The van der Waals surface area contributed by atoms with Gasteiger partial charge in [-0.25, -0.2) is 4.98 Å². The third-order valence-electron chi connectivity index (χ3n) is 6.86. The van der Waals surface area contributed by atoms with E-state index >= 15 is 0 Å². The zero-order valence-corrected chi connectivity index (χ0v) is 19.3. The molecule has 1 aliphatic heterocycles. The maximum atomic E-state index is 5.83. The number of hydrogen-bond donors (Lipinski definition) is 1. The summed E-state index contributed by atoms with van der Waals surface area (Å²) < 4.78 is 0. The Kier molecular flexibility index (Phi) is 6.15. The highest BCUT2D eigenvalue weighted by Gasteiger charge is 2.37. The van der Waals surface area contributed by atoms with E-state index in [4.69, 9.17) is 10.7 Å². The topological polar surface area (TPSA) is 42.1 Å². The van der Waals surface area contributed by atoms with Gasteiger partial charge in [-0.15, -0.1) is 23.7 Å². The Labute approximate surface area is 180 Å². The van der Waals surface area contributed by atoms with Gasteiger partial charge in [0.2, 0.25) is 0 Å². The van der Waals surface area contributed by atoms with Crippen molar-refractivity contribution in [3.05, 3.63) is 34.7 Å². The van der Waals surface area contributed by atoms with Gasteiger partial charge < -0.3 is 10.6 Å². The Morgan fingerprint density at radius 1 is 1.07 bits per heavy atom. The summed E-state index contributed by atoms with van der Waals surface area (Å²) in [5.41, 5.74) is 11.8. The largest absolute Gasteiger partial charge is 0.348 e. The number of halogens is 1. The van der Waals surface area contributed by atoms with Gasteiger partial charge in [0, 0.05) is 24.0 Å². The predicted octanol–water partition coefficient (Wildman–Crippen LogP) is 5.76. The highest BCUT2D eigenvalue weighted by molar-refractivity contribution is 7.14. The summed E-state index contributed by atoms with van der Waals surface area (Å²) in [6, 6.07) is 7.05. The smallest absolute Gasteiger partial charge is 0.185 e. The van der Waals surface area contributed by atoms with Gasteiger partial charge in [-0.1, -0.05) is 39.8 Å². The van der Waals surface area contributed by atoms with Crippen LogP contribution in [-0.4, -0.2) is 24.6 Å². The van der Waals surface area contributed by atoms with E-state index in [0.717, 1.165) is 30.5 Å². The maximum Gasteiger partial charge on any atom is 0.185 e. The molecule has 2 heterocycles. The van der Waals surface area contributed by atoms with Crippen LogP contribution < -0.4 is 10.6 Å². The quantitative estimate of drug-likeness (QED) is 0.687. The van der Waals surface area contributed by atoms with Crippen molar-refractivity contribution in [2.24, 2.45) is 11.7 Å². The van der Waals surface area contributed by atoms with Crippen LogP contribution in [0.4, 0.5) is 5.13 Å². The zero-order chi connectivity index (χ0) is 19.2. The minimum absolute atomic E-state index is 0. The van der Waals surface area contributed by atoms with Crippen molar-refractivity contribution in [1.82, 2.24) is 4.98 Å². The first kappa shape index (κ1) is 21.6. The number of aromatic nitrogens is 1. The maximum absolute atomic E-state index is 5.83. The third-order valence-corrected chi connectivity index (χ3v) is 7.76. The van der Waals surface area contributed by atoms with Crippen LogP contribution in [0.1, 0.15) is 64.5 Å². The summed E-state index contributed by atoms with van der Waals surface area (Å²) in [7, 11) is 0. The highest BCUT2D eigenvalue weighted by Crippen LogP contribution is 2.47.